The second-order valence-electron chi connectivity index (χ2n) is 9.90. The fraction of sp³-hybridized carbons (Fsp3) is 0.267. The van der Waals surface area contributed by atoms with E-state index in [2.05, 4.69) is 11.1 Å². The third kappa shape index (κ3) is 3.52. The lowest BCUT2D eigenvalue weighted by Crippen LogP contribution is -2.67. The quantitative estimate of drug-likeness (QED) is 0.439. The molecule has 2 aliphatic rings. The molecule has 0 radical (unpaired) electrons. The van der Waals surface area contributed by atoms with E-state index < -0.39 is 5.54 Å². The molecule has 37 heavy (non-hydrogen) atoms. The van der Waals surface area contributed by atoms with E-state index in [1.807, 2.05) is 49.4 Å². The summed E-state index contributed by atoms with van der Waals surface area (Å²) in [5.41, 5.74) is 2.96. The summed E-state index contributed by atoms with van der Waals surface area (Å²) in [7, 11) is 1.64. The molecule has 3 aromatic carbocycles. The average molecular weight is 498 g/mol. The van der Waals surface area contributed by atoms with Crippen LogP contribution in [0.3, 0.4) is 0 Å². The molecular weight excluding hydrogens is 469 g/mol. The van der Waals surface area contributed by atoms with Crippen LogP contribution in [0.15, 0.2) is 72.8 Å². The summed E-state index contributed by atoms with van der Waals surface area (Å²) >= 11 is 0. The standard InChI is InChI=1S/C30H28FN3O3/c1-30-28-27(21-11-4-7-13-24(21)32-28)22(20-10-5-8-14-25(20)37-2)17-34(30)26(35)18-33(29(30)36)16-15-19-9-3-6-12-23(19)31/h3-14,22,32H,15-18H2,1-2H3/t22-,30-/m0/s1. The van der Waals surface area contributed by atoms with Crippen LogP contribution in [0.4, 0.5) is 4.39 Å². The molecule has 2 atom stereocenters. The summed E-state index contributed by atoms with van der Waals surface area (Å²) < 4.78 is 19.9. The molecule has 2 aliphatic heterocycles. The first kappa shape index (κ1) is 23.3. The SMILES string of the molecule is COc1ccccc1[C@@H]1CN2C(=O)CN(CCc3ccccc3F)C(=O)[C@]2(C)c2[nH]c3ccccc3c21. The first-order valence-corrected chi connectivity index (χ1v) is 12.5. The number of carbonyl (C=O) groups excluding carboxylic acids is 2. The highest BCUT2D eigenvalue weighted by molar-refractivity contribution is 6.01. The third-order valence-corrected chi connectivity index (χ3v) is 7.94. The summed E-state index contributed by atoms with van der Waals surface area (Å²) in [5, 5.41) is 1.03. The number of hydrogen-bond donors (Lipinski definition) is 1. The van der Waals surface area contributed by atoms with Gasteiger partial charge in [-0.25, -0.2) is 4.39 Å². The van der Waals surface area contributed by atoms with Crippen LogP contribution < -0.4 is 4.74 Å². The van der Waals surface area contributed by atoms with E-state index in [0.29, 0.717) is 18.5 Å². The Labute approximate surface area is 214 Å². The highest BCUT2D eigenvalue weighted by atomic mass is 19.1. The van der Waals surface area contributed by atoms with Crippen LogP contribution in [-0.2, 0) is 21.5 Å². The molecule has 1 N–H and O–H groups in total. The second kappa shape index (κ2) is 8.76. The lowest BCUT2D eigenvalue weighted by molar-refractivity contribution is -0.166. The van der Waals surface area contributed by atoms with Gasteiger partial charge in [0.2, 0.25) is 5.91 Å². The molecule has 3 heterocycles. The predicted molar refractivity (Wildman–Crippen MR) is 139 cm³/mol. The maximum Gasteiger partial charge on any atom is 0.254 e. The zero-order valence-corrected chi connectivity index (χ0v) is 20.8. The van der Waals surface area contributed by atoms with E-state index in [4.69, 9.17) is 4.74 Å². The van der Waals surface area contributed by atoms with Crippen molar-refractivity contribution in [2.45, 2.75) is 24.8 Å². The van der Waals surface area contributed by atoms with Crippen molar-refractivity contribution in [2.75, 3.05) is 26.7 Å². The van der Waals surface area contributed by atoms with Gasteiger partial charge in [-0.2, -0.15) is 0 Å². The van der Waals surface area contributed by atoms with Gasteiger partial charge in [0, 0.05) is 35.5 Å². The summed E-state index contributed by atoms with van der Waals surface area (Å²) in [6.45, 7) is 2.42. The Bertz CT molecular complexity index is 1530. The van der Waals surface area contributed by atoms with Crippen LogP contribution >= 0.6 is 0 Å². The van der Waals surface area contributed by atoms with Crippen LogP contribution in [0.5, 0.6) is 5.75 Å². The number of hydrogen-bond acceptors (Lipinski definition) is 3. The number of H-pyrrole nitrogens is 1. The number of para-hydroxylation sites is 2. The number of rotatable bonds is 5. The molecule has 6 nitrogen and oxygen atoms in total. The van der Waals surface area contributed by atoms with Gasteiger partial charge in [0.05, 0.1) is 19.3 Å². The van der Waals surface area contributed by atoms with Gasteiger partial charge >= 0.3 is 0 Å². The minimum absolute atomic E-state index is 0.0307. The number of benzene rings is 3. The van der Waals surface area contributed by atoms with Crippen LogP contribution in [-0.4, -0.2) is 53.3 Å². The molecular formula is C30H28FN3O3. The summed E-state index contributed by atoms with van der Waals surface area (Å²) in [6, 6.07) is 22.4. The van der Waals surface area contributed by atoms with E-state index in [0.717, 1.165) is 33.5 Å². The Morgan fingerprint density at radius 2 is 1.76 bits per heavy atom. The molecule has 0 spiro atoms. The van der Waals surface area contributed by atoms with E-state index in [9.17, 15) is 14.0 Å². The number of carbonyl (C=O) groups is 2. The minimum Gasteiger partial charge on any atom is -0.496 e. The minimum atomic E-state index is -1.20. The zero-order valence-electron chi connectivity index (χ0n) is 20.8. The van der Waals surface area contributed by atoms with Gasteiger partial charge in [-0.15, -0.1) is 0 Å². The maximum absolute atomic E-state index is 14.2. The Kier molecular flexibility index (Phi) is 5.51. The van der Waals surface area contributed by atoms with Crippen LogP contribution in [0, 0.1) is 5.82 Å². The zero-order chi connectivity index (χ0) is 25.7. The normalized spacial score (nSPS) is 21.2. The molecule has 1 fully saturated rings. The molecule has 2 amide bonds. The van der Waals surface area contributed by atoms with Gasteiger partial charge in [0.25, 0.3) is 5.91 Å². The summed E-state index contributed by atoms with van der Waals surface area (Å²) in [5.74, 6) is -0.0115. The number of aromatic nitrogens is 1. The van der Waals surface area contributed by atoms with Crippen molar-refractivity contribution in [3.63, 3.8) is 0 Å². The number of piperazine rings is 1. The maximum atomic E-state index is 14.2. The number of nitrogens with one attached hydrogen (secondary N) is 1. The smallest absolute Gasteiger partial charge is 0.254 e. The van der Waals surface area contributed by atoms with Crippen molar-refractivity contribution in [3.05, 3.63) is 101 Å². The molecule has 7 heteroatoms. The van der Waals surface area contributed by atoms with E-state index in [1.54, 1.807) is 35.1 Å². The molecule has 188 valence electrons. The lowest BCUT2D eigenvalue weighted by Gasteiger charge is -2.51. The molecule has 1 saturated heterocycles. The first-order chi connectivity index (χ1) is 17.9. The van der Waals surface area contributed by atoms with Crippen molar-refractivity contribution in [1.29, 1.82) is 0 Å². The molecule has 1 aromatic heterocycles. The monoisotopic (exact) mass is 497 g/mol. The van der Waals surface area contributed by atoms with Crippen LogP contribution in [0.25, 0.3) is 10.9 Å². The molecule has 0 bridgehead atoms. The predicted octanol–water partition coefficient (Wildman–Crippen LogP) is 4.59. The highest BCUT2D eigenvalue weighted by Crippen LogP contribution is 2.49. The van der Waals surface area contributed by atoms with E-state index >= 15 is 0 Å². The van der Waals surface area contributed by atoms with E-state index in [1.165, 1.54) is 6.07 Å². The van der Waals surface area contributed by atoms with Crippen LogP contribution in [0.2, 0.25) is 0 Å². The second-order valence-corrected chi connectivity index (χ2v) is 9.90. The van der Waals surface area contributed by atoms with Crippen molar-refractivity contribution in [3.8, 4) is 5.75 Å². The Hall–Kier alpha value is -4.13. The summed E-state index contributed by atoms with van der Waals surface area (Å²) in [6.07, 6.45) is 0.338. The number of methoxy groups -OCH3 is 1. The van der Waals surface area contributed by atoms with Gasteiger partial charge in [0.15, 0.2) is 5.54 Å². The number of halogens is 1. The van der Waals surface area contributed by atoms with Crippen LogP contribution in [0.1, 0.15) is 35.2 Å². The highest BCUT2D eigenvalue weighted by Gasteiger charge is 2.56. The van der Waals surface area contributed by atoms with Gasteiger partial charge < -0.3 is 19.5 Å². The Morgan fingerprint density at radius 3 is 2.57 bits per heavy atom. The van der Waals surface area contributed by atoms with E-state index in [-0.39, 0.29) is 36.6 Å². The summed E-state index contributed by atoms with van der Waals surface area (Å²) in [4.78, 5) is 34.6. The van der Waals surface area contributed by atoms with Gasteiger partial charge in [0.1, 0.15) is 11.6 Å². The fourth-order valence-corrected chi connectivity index (χ4v) is 6.05. The molecule has 0 saturated carbocycles. The first-order valence-electron chi connectivity index (χ1n) is 12.5. The largest absolute Gasteiger partial charge is 0.496 e. The third-order valence-electron chi connectivity index (χ3n) is 7.94. The van der Waals surface area contributed by atoms with Gasteiger partial charge in [-0.05, 0) is 42.7 Å². The number of fused-ring (bicyclic) bond motifs is 5. The molecule has 4 aromatic rings. The van der Waals surface area contributed by atoms with Crippen molar-refractivity contribution >= 4 is 22.7 Å². The number of ether oxygens (including phenoxy) is 1. The number of aromatic amines is 1. The fourth-order valence-electron chi connectivity index (χ4n) is 6.05. The molecule has 0 unspecified atom stereocenters. The van der Waals surface area contributed by atoms with Crippen molar-refractivity contribution < 1.29 is 18.7 Å². The average Bonchev–Trinajstić information content (AvgIpc) is 3.32. The number of amides is 2. The molecule has 6 rings (SSSR count). The topological polar surface area (TPSA) is 65.6 Å². The van der Waals surface area contributed by atoms with Crippen molar-refractivity contribution in [1.82, 2.24) is 14.8 Å². The Morgan fingerprint density at radius 1 is 1.03 bits per heavy atom. The lowest BCUT2D eigenvalue weighted by atomic mass is 9.76. The number of nitrogens with zero attached hydrogens (tertiary/aromatic N) is 2. The van der Waals surface area contributed by atoms with Gasteiger partial charge in [-0.1, -0.05) is 54.6 Å². The van der Waals surface area contributed by atoms with Gasteiger partial charge in [-0.3, -0.25) is 9.59 Å². The molecule has 0 aliphatic carbocycles. The Balaban J connectivity index is 1.46. The van der Waals surface area contributed by atoms with Crippen molar-refractivity contribution in [2.24, 2.45) is 0 Å².